The summed E-state index contributed by atoms with van der Waals surface area (Å²) in [7, 11) is -1.19. The molecule has 1 unspecified atom stereocenters. The van der Waals surface area contributed by atoms with Crippen LogP contribution in [0, 0.1) is 6.92 Å². The monoisotopic (exact) mass is 268 g/mol. The molecule has 1 aromatic carbocycles. The van der Waals surface area contributed by atoms with Gasteiger partial charge in [0, 0.05) is 26.9 Å². The molecule has 0 aliphatic rings. The second-order valence-corrected chi connectivity index (χ2v) is 7.43. The van der Waals surface area contributed by atoms with Crippen LogP contribution in [0.25, 0.3) is 0 Å². The van der Waals surface area contributed by atoms with E-state index in [9.17, 15) is 9.00 Å². The Morgan fingerprint density at radius 3 is 2.50 bits per heavy atom. The molecule has 0 heterocycles. The minimum Gasteiger partial charge on any atom is -0.399 e. The van der Waals surface area contributed by atoms with Crippen molar-refractivity contribution in [3.63, 3.8) is 0 Å². The number of benzene rings is 1. The SMILES string of the molecule is Cc1cc(N)ccc1NC(=O)CS(=O)C(C)(C)C. The lowest BCUT2D eigenvalue weighted by Crippen LogP contribution is -2.30. The van der Waals surface area contributed by atoms with Crippen LogP contribution in [0.3, 0.4) is 0 Å². The molecule has 5 heteroatoms. The first-order valence-electron chi connectivity index (χ1n) is 5.74. The molecule has 0 aromatic heterocycles. The largest absolute Gasteiger partial charge is 0.399 e. The number of nitrogens with two attached hydrogens (primary N) is 1. The van der Waals surface area contributed by atoms with Crippen LogP contribution in [0.2, 0.25) is 0 Å². The molecule has 1 atom stereocenters. The Hall–Kier alpha value is -1.36. The Morgan fingerprint density at radius 1 is 1.39 bits per heavy atom. The summed E-state index contributed by atoms with van der Waals surface area (Å²) in [6.07, 6.45) is 0. The van der Waals surface area contributed by atoms with Crippen molar-refractivity contribution >= 4 is 28.1 Å². The fraction of sp³-hybridized carbons (Fsp3) is 0.462. The number of rotatable bonds is 3. The van der Waals surface area contributed by atoms with Gasteiger partial charge in [-0.05, 0) is 51.5 Å². The Kier molecular flexibility index (Phi) is 4.51. The fourth-order valence-electron chi connectivity index (χ4n) is 1.35. The summed E-state index contributed by atoms with van der Waals surface area (Å²) >= 11 is 0. The molecular formula is C13H20N2O2S. The summed E-state index contributed by atoms with van der Waals surface area (Å²) in [6, 6.07) is 5.27. The highest BCUT2D eigenvalue weighted by molar-refractivity contribution is 7.87. The third-order valence-electron chi connectivity index (χ3n) is 2.47. The predicted octanol–water partition coefficient (Wildman–Crippen LogP) is 2.06. The van der Waals surface area contributed by atoms with Crippen molar-refractivity contribution in [3.8, 4) is 0 Å². The van der Waals surface area contributed by atoms with E-state index in [4.69, 9.17) is 5.73 Å². The first-order valence-corrected chi connectivity index (χ1v) is 7.06. The maximum absolute atomic E-state index is 11.8. The lowest BCUT2D eigenvalue weighted by molar-refractivity contribution is -0.113. The summed E-state index contributed by atoms with van der Waals surface area (Å²) in [5.74, 6) is -0.232. The van der Waals surface area contributed by atoms with Crippen LogP contribution in [0.5, 0.6) is 0 Å². The van der Waals surface area contributed by atoms with Gasteiger partial charge in [-0.15, -0.1) is 0 Å². The number of carbonyl (C=O) groups is 1. The van der Waals surface area contributed by atoms with Crippen LogP contribution in [0.4, 0.5) is 11.4 Å². The minimum absolute atomic E-state index is 0.00726. The molecule has 0 spiro atoms. The van der Waals surface area contributed by atoms with Gasteiger partial charge >= 0.3 is 0 Å². The lowest BCUT2D eigenvalue weighted by atomic mass is 10.2. The van der Waals surface area contributed by atoms with E-state index in [1.54, 1.807) is 18.2 Å². The summed E-state index contributed by atoms with van der Waals surface area (Å²) in [5.41, 5.74) is 7.89. The molecule has 0 radical (unpaired) electrons. The zero-order valence-electron chi connectivity index (χ0n) is 11.2. The number of carbonyl (C=O) groups excluding carboxylic acids is 1. The molecule has 0 saturated carbocycles. The van der Waals surface area contributed by atoms with E-state index < -0.39 is 10.8 Å². The van der Waals surface area contributed by atoms with Crippen molar-refractivity contribution in [1.29, 1.82) is 0 Å². The molecule has 1 rings (SSSR count). The first-order chi connectivity index (χ1) is 8.20. The molecule has 4 nitrogen and oxygen atoms in total. The number of nitrogens with one attached hydrogen (secondary N) is 1. The Balaban J connectivity index is 2.68. The Bertz CT molecular complexity index is 478. The molecule has 1 amide bonds. The van der Waals surface area contributed by atoms with E-state index in [0.717, 1.165) is 5.56 Å². The molecule has 0 bridgehead atoms. The summed E-state index contributed by atoms with van der Waals surface area (Å²) in [5, 5.41) is 2.75. The smallest absolute Gasteiger partial charge is 0.237 e. The van der Waals surface area contributed by atoms with Crippen LogP contribution in [-0.4, -0.2) is 20.6 Å². The third kappa shape index (κ3) is 4.14. The number of aryl methyl sites for hydroxylation is 1. The Labute approximate surface area is 110 Å². The van der Waals surface area contributed by atoms with E-state index in [0.29, 0.717) is 11.4 Å². The van der Waals surface area contributed by atoms with E-state index in [-0.39, 0.29) is 16.4 Å². The van der Waals surface area contributed by atoms with Gasteiger partial charge in [-0.3, -0.25) is 9.00 Å². The summed E-state index contributed by atoms with van der Waals surface area (Å²) < 4.78 is 11.5. The van der Waals surface area contributed by atoms with Gasteiger partial charge in [-0.25, -0.2) is 0 Å². The van der Waals surface area contributed by atoms with Gasteiger partial charge in [0.15, 0.2) is 0 Å². The average molecular weight is 268 g/mol. The second-order valence-electron chi connectivity index (χ2n) is 5.22. The molecule has 0 aliphatic heterocycles. The number of amides is 1. The van der Waals surface area contributed by atoms with Crippen molar-refractivity contribution in [2.24, 2.45) is 0 Å². The summed E-state index contributed by atoms with van der Waals surface area (Å²) in [6.45, 7) is 7.42. The highest BCUT2D eigenvalue weighted by Gasteiger charge is 2.22. The fourth-order valence-corrected chi connectivity index (χ4v) is 2.09. The third-order valence-corrected chi connectivity index (χ3v) is 4.36. The van der Waals surface area contributed by atoms with Crippen LogP contribution >= 0.6 is 0 Å². The van der Waals surface area contributed by atoms with E-state index in [1.165, 1.54) is 0 Å². The number of nitrogen functional groups attached to an aromatic ring is 1. The topological polar surface area (TPSA) is 72.2 Å². The zero-order chi connectivity index (χ0) is 13.9. The molecule has 0 saturated heterocycles. The van der Waals surface area contributed by atoms with Crippen LogP contribution in [0.15, 0.2) is 18.2 Å². The average Bonchev–Trinajstić information content (AvgIpc) is 2.20. The van der Waals surface area contributed by atoms with Gasteiger partial charge in [0.1, 0.15) is 5.75 Å². The zero-order valence-corrected chi connectivity index (χ0v) is 12.1. The van der Waals surface area contributed by atoms with Crippen molar-refractivity contribution in [1.82, 2.24) is 0 Å². The maximum Gasteiger partial charge on any atom is 0.237 e. The van der Waals surface area contributed by atoms with Gasteiger partial charge in [-0.2, -0.15) is 0 Å². The van der Waals surface area contributed by atoms with Gasteiger partial charge in [-0.1, -0.05) is 0 Å². The quantitative estimate of drug-likeness (QED) is 0.824. The summed E-state index contributed by atoms with van der Waals surface area (Å²) in [4.78, 5) is 11.8. The highest BCUT2D eigenvalue weighted by atomic mass is 32.2. The van der Waals surface area contributed by atoms with E-state index in [2.05, 4.69) is 5.32 Å². The van der Waals surface area contributed by atoms with Gasteiger partial charge in [0.05, 0.1) is 0 Å². The van der Waals surface area contributed by atoms with Crippen molar-refractivity contribution < 1.29 is 9.00 Å². The highest BCUT2D eigenvalue weighted by Crippen LogP contribution is 2.18. The molecule has 18 heavy (non-hydrogen) atoms. The standard InChI is InChI=1S/C13H20N2O2S/c1-9-7-10(14)5-6-11(9)15-12(16)8-18(17)13(2,3)4/h5-7H,8,14H2,1-4H3,(H,15,16). The van der Waals surface area contributed by atoms with Crippen molar-refractivity contribution in [2.75, 3.05) is 16.8 Å². The maximum atomic E-state index is 11.8. The minimum atomic E-state index is -1.19. The van der Waals surface area contributed by atoms with Crippen molar-refractivity contribution in [3.05, 3.63) is 23.8 Å². The van der Waals surface area contributed by atoms with Gasteiger partial charge in [0.2, 0.25) is 5.91 Å². The molecule has 3 N–H and O–H groups in total. The molecular weight excluding hydrogens is 248 g/mol. The first kappa shape index (κ1) is 14.7. The number of anilines is 2. The lowest BCUT2D eigenvalue weighted by Gasteiger charge is -2.17. The normalized spacial score (nSPS) is 13.1. The van der Waals surface area contributed by atoms with Crippen LogP contribution in [0.1, 0.15) is 26.3 Å². The Morgan fingerprint density at radius 2 is 2.00 bits per heavy atom. The van der Waals surface area contributed by atoms with E-state index in [1.807, 2.05) is 27.7 Å². The van der Waals surface area contributed by atoms with Crippen molar-refractivity contribution in [2.45, 2.75) is 32.4 Å². The molecule has 0 aliphatic carbocycles. The molecule has 1 aromatic rings. The number of hydrogen-bond acceptors (Lipinski definition) is 3. The van der Waals surface area contributed by atoms with Gasteiger partial charge in [0.25, 0.3) is 0 Å². The van der Waals surface area contributed by atoms with Crippen LogP contribution in [-0.2, 0) is 15.6 Å². The predicted molar refractivity (Wildman–Crippen MR) is 77.0 cm³/mol. The van der Waals surface area contributed by atoms with Gasteiger partial charge < -0.3 is 11.1 Å². The van der Waals surface area contributed by atoms with E-state index >= 15 is 0 Å². The van der Waals surface area contributed by atoms with Crippen LogP contribution < -0.4 is 11.1 Å². The molecule has 0 fully saturated rings. The number of hydrogen-bond donors (Lipinski definition) is 2. The second kappa shape index (κ2) is 5.52. The molecule has 100 valence electrons.